The van der Waals surface area contributed by atoms with Crippen molar-refractivity contribution in [1.29, 1.82) is 0 Å². The number of amides is 2. The van der Waals surface area contributed by atoms with Crippen LogP contribution in [-0.4, -0.2) is 23.8 Å². The highest BCUT2D eigenvalue weighted by molar-refractivity contribution is 5.98. The first-order valence-corrected chi connectivity index (χ1v) is 7.61. The number of hydrogen-bond acceptors (Lipinski definition) is 4. The quantitative estimate of drug-likeness (QED) is 0.732. The molecule has 0 aliphatic heterocycles. The molecule has 26 heavy (non-hydrogen) atoms. The lowest BCUT2D eigenvalue weighted by Gasteiger charge is -2.15. The minimum atomic E-state index is -1.38. The maximum Gasteiger partial charge on any atom is 0.308 e. The van der Waals surface area contributed by atoms with Crippen molar-refractivity contribution in [3.05, 3.63) is 71.3 Å². The lowest BCUT2D eigenvalue weighted by molar-refractivity contribution is -0.146. The number of nitrogens with one attached hydrogen (secondary N) is 1. The second kappa shape index (κ2) is 8.70. The summed E-state index contributed by atoms with van der Waals surface area (Å²) in [5, 5.41) is 2.17. The zero-order valence-electron chi connectivity index (χ0n) is 13.6. The minimum absolute atomic E-state index is 0.00574. The number of primary amides is 1. The van der Waals surface area contributed by atoms with E-state index >= 15 is 0 Å². The Morgan fingerprint density at radius 3 is 2.23 bits per heavy atom. The van der Waals surface area contributed by atoms with Crippen LogP contribution in [0.25, 0.3) is 0 Å². The van der Waals surface area contributed by atoms with Gasteiger partial charge in [-0.1, -0.05) is 30.3 Å². The summed E-state index contributed by atoms with van der Waals surface area (Å²) in [6.07, 6.45) is -0.508. The first kappa shape index (κ1) is 19.0. The molecule has 2 amide bonds. The maximum atomic E-state index is 13.2. The summed E-state index contributed by atoms with van der Waals surface area (Å²) >= 11 is 0. The van der Waals surface area contributed by atoms with Gasteiger partial charge in [-0.3, -0.25) is 14.4 Å². The zero-order chi connectivity index (χ0) is 19.1. The summed E-state index contributed by atoms with van der Waals surface area (Å²) in [6.45, 7) is -0.00574. The van der Waals surface area contributed by atoms with E-state index in [1.165, 1.54) is 0 Å². The standard InChI is InChI=1S/C18H16F2N2O4/c19-13-6-12(7-14(20)8-13)18(25)22-15(17(21)24)9-16(23)26-10-11-4-2-1-3-5-11/h1-8,15H,9-10H2,(H2,21,24)(H,22,25)/t15-/m0/s1. The van der Waals surface area contributed by atoms with Crippen molar-refractivity contribution in [3.63, 3.8) is 0 Å². The number of ether oxygens (including phenoxy) is 1. The van der Waals surface area contributed by atoms with Crippen molar-refractivity contribution in [2.24, 2.45) is 5.73 Å². The van der Waals surface area contributed by atoms with Gasteiger partial charge in [0, 0.05) is 11.6 Å². The molecule has 3 N–H and O–H groups in total. The Labute approximate surface area is 147 Å². The van der Waals surface area contributed by atoms with E-state index in [0.29, 0.717) is 6.07 Å². The molecule has 1 atom stereocenters. The van der Waals surface area contributed by atoms with E-state index in [4.69, 9.17) is 10.5 Å². The van der Waals surface area contributed by atoms with E-state index in [-0.39, 0.29) is 12.2 Å². The molecule has 0 aromatic heterocycles. The molecule has 2 aromatic carbocycles. The van der Waals surface area contributed by atoms with Crippen LogP contribution in [-0.2, 0) is 20.9 Å². The van der Waals surface area contributed by atoms with Crippen molar-refractivity contribution >= 4 is 17.8 Å². The van der Waals surface area contributed by atoms with Gasteiger partial charge in [0.25, 0.3) is 5.91 Å². The number of rotatable bonds is 7. The van der Waals surface area contributed by atoms with Crippen molar-refractivity contribution in [3.8, 4) is 0 Å². The maximum absolute atomic E-state index is 13.2. The summed E-state index contributed by atoms with van der Waals surface area (Å²) in [7, 11) is 0. The van der Waals surface area contributed by atoms with Crippen LogP contribution in [0.4, 0.5) is 8.78 Å². The number of nitrogens with two attached hydrogens (primary N) is 1. The van der Waals surface area contributed by atoms with Gasteiger partial charge in [-0.15, -0.1) is 0 Å². The van der Waals surface area contributed by atoms with Crippen LogP contribution in [0.15, 0.2) is 48.5 Å². The van der Waals surface area contributed by atoms with Gasteiger partial charge >= 0.3 is 5.97 Å². The fourth-order valence-corrected chi connectivity index (χ4v) is 2.11. The molecule has 0 aliphatic rings. The van der Waals surface area contributed by atoms with Crippen LogP contribution >= 0.6 is 0 Å². The number of benzene rings is 2. The summed E-state index contributed by atoms with van der Waals surface area (Å²) in [5.41, 5.74) is 5.57. The Morgan fingerprint density at radius 2 is 1.65 bits per heavy atom. The molecular formula is C18H16F2N2O4. The smallest absolute Gasteiger partial charge is 0.308 e. The van der Waals surface area contributed by atoms with Crippen LogP contribution in [0.5, 0.6) is 0 Å². The third-order valence-corrected chi connectivity index (χ3v) is 3.39. The van der Waals surface area contributed by atoms with Gasteiger partial charge in [0.1, 0.15) is 24.3 Å². The van der Waals surface area contributed by atoms with Crippen LogP contribution in [0, 0.1) is 11.6 Å². The normalized spacial score (nSPS) is 11.5. The molecule has 0 saturated heterocycles. The molecule has 0 unspecified atom stereocenters. The van der Waals surface area contributed by atoms with Gasteiger partial charge < -0.3 is 15.8 Å². The van der Waals surface area contributed by atoms with Crippen LogP contribution in [0.2, 0.25) is 0 Å². The van der Waals surface area contributed by atoms with Crippen molar-refractivity contribution < 1.29 is 27.9 Å². The summed E-state index contributed by atoms with van der Waals surface area (Å²) in [4.78, 5) is 35.3. The van der Waals surface area contributed by atoms with Gasteiger partial charge in [0.2, 0.25) is 5.91 Å². The Morgan fingerprint density at radius 1 is 1.04 bits per heavy atom. The predicted octanol–water partition coefficient (Wildman–Crippen LogP) is 1.68. The SMILES string of the molecule is NC(=O)[C@H](CC(=O)OCc1ccccc1)NC(=O)c1cc(F)cc(F)c1. The summed E-state index contributed by atoms with van der Waals surface area (Å²) in [5.74, 6) is -4.58. The minimum Gasteiger partial charge on any atom is -0.461 e. The van der Waals surface area contributed by atoms with Gasteiger partial charge in [0.05, 0.1) is 6.42 Å². The second-order valence-electron chi connectivity index (χ2n) is 5.44. The Bertz CT molecular complexity index is 792. The molecule has 136 valence electrons. The first-order chi connectivity index (χ1) is 12.3. The number of halogens is 2. The highest BCUT2D eigenvalue weighted by Crippen LogP contribution is 2.09. The third kappa shape index (κ3) is 5.66. The number of carbonyl (C=O) groups excluding carboxylic acids is 3. The summed E-state index contributed by atoms with van der Waals surface area (Å²) < 4.78 is 31.4. The zero-order valence-corrected chi connectivity index (χ0v) is 13.6. The average molecular weight is 362 g/mol. The largest absolute Gasteiger partial charge is 0.461 e. The highest BCUT2D eigenvalue weighted by Gasteiger charge is 2.23. The van der Waals surface area contributed by atoms with Crippen LogP contribution in [0.3, 0.4) is 0 Å². The molecule has 0 spiro atoms. The molecule has 2 rings (SSSR count). The van der Waals surface area contributed by atoms with Crippen LogP contribution < -0.4 is 11.1 Å². The molecule has 2 aromatic rings. The molecule has 0 aliphatic carbocycles. The average Bonchev–Trinajstić information content (AvgIpc) is 2.59. The van der Waals surface area contributed by atoms with Crippen molar-refractivity contribution in [2.45, 2.75) is 19.1 Å². The summed E-state index contributed by atoms with van der Waals surface area (Å²) in [6, 6.07) is 9.66. The molecular weight excluding hydrogens is 346 g/mol. The molecule has 6 nitrogen and oxygen atoms in total. The van der Waals surface area contributed by atoms with E-state index < -0.39 is 41.9 Å². The number of hydrogen-bond donors (Lipinski definition) is 2. The third-order valence-electron chi connectivity index (χ3n) is 3.39. The fraction of sp³-hybridized carbons (Fsp3) is 0.167. The Balaban J connectivity index is 1.96. The molecule has 0 bridgehead atoms. The van der Waals surface area contributed by atoms with Gasteiger partial charge in [-0.2, -0.15) is 0 Å². The Hall–Kier alpha value is -3.29. The molecule has 0 heterocycles. The Kier molecular flexibility index (Phi) is 6.37. The van der Waals surface area contributed by atoms with E-state index in [1.54, 1.807) is 30.3 Å². The lowest BCUT2D eigenvalue weighted by Crippen LogP contribution is -2.46. The highest BCUT2D eigenvalue weighted by atomic mass is 19.1. The number of carbonyl (C=O) groups is 3. The van der Waals surface area contributed by atoms with E-state index in [0.717, 1.165) is 17.7 Å². The van der Waals surface area contributed by atoms with E-state index in [1.807, 2.05) is 0 Å². The van der Waals surface area contributed by atoms with E-state index in [2.05, 4.69) is 5.32 Å². The fourth-order valence-electron chi connectivity index (χ4n) is 2.11. The van der Waals surface area contributed by atoms with Crippen LogP contribution in [0.1, 0.15) is 22.3 Å². The lowest BCUT2D eigenvalue weighted by atomic mass is 10.1. The first-order valence-electron chi connectivity index (χ1n) is 7.61. The van der Waals surface area contributed by atoms with Gasteiger partial charge in [0.15, 0.2) is 0 Å². The number of esters is 1. The van der Waals surface area contributed by atoms with Crippen molar-refractivity contribution in [1.82, 2.24) is 5.32 Å². The van der Waals surface area contributed by atoms with Gasteiger partial charge in [-0.05, 0) is 17.7 Å². The second-order valence-corrected chi connectivity index (χ2v) is 5.44. The molecule has 0 saturated carbocycles. The molecule has 8 heteroatoms. The molecule has 0 radical (unpaired) electrons. The van der Waals surface area contributed by atoms with Gasteiger partial charge in [-0.25, -0.2) is 8.78 Å². The van der Waals surface area contributed by atoms with E-state index in [9.17, 15) is 23.2 Å². The monoisotopic (exact) mass is 362 g/mol. The van der Waals surface area contributed by atoms with Crippen molar-refractivity contribution in [2.75, 3.05) is 0 Å². The molecule has 0 fully saturated rings. The topological polar surface area (TPSA) is 98.5 Å². The predicted molar refractivity (Wildman–Crippen MR) is 87.7 cm³/mol.